The molecule has 1 saturated heterocycles. The summed E-state index contributed by atoms with van der Waals surface area (Å²) in [5.74, 6) is 7.09. The van der Waals surface area contributed by atoms with E-state index < -0.39 is 8.07 Å². The van der Waals surface area contributed by atoms with E-state index in [4.69, 9.17) is 4.74 Å². The number of piperazine rings is 1. The van der Waals surface area contributed by atoms with E-state index in [-0.39, 0.29) is 18.3 Å². The predicted octanol–water partition coefficient (Wildman–Crippen LogP) is 3.84. The Morgan fingerprint density at radius 2 is 1.83 bits per heavy atom. The molecule has 0 aliphatic carbocycles. The Bertz CT molecular complexity index is 1540. The average molecular weight is 567 g/mol. The first-order valence-corrected chi connectivity index (χ1v) is 17.7. The van der Waals surface area contributed by atoms with Crippen molar-refractivity contribution in [1.82, 2.24) is 14.8 Å². The van der Waals surface area contributed by atoms with Gasteiger partial charge in [0, 0.05) is 68.1 Å². The van der Waals surface area contributed by atoms with Gasteiger partial charge in [-0.25, -0.2) is 4.98 Å². The smallest absolute Gasteiger partial charge is 0.263 e. The first-order chi connectivity index (χ1) is 19.5. The maximum Gasteiger partial charge on any atom is 0.263 e. The number of benzene rings is 2. The Labute approximate surface area is 243 Å². The molecular weight excluding hydrogens is 528 g/mol. The Hall–Kier alpha value is -3.77. The molecule has 7 nitrogen and oxygen atoms in total. The molecule has 1 aromatic heterocycles. The van der Waals surface area contributed by atoms with Crippen LogP contribution in [-0.4, -0.2) is 74.4 Å². The van der Waals surface area contributed by atoms with Crippen molar-refractivity contribution in [2.75, 3.05) is 45.2 Å². The van der Waals surface area contributed by atoms with Crippen LogP contribution in [0.1, 0.15) is 38.2 Å². The summed E-state index contributed by atoms with van der Waals surface area (Å²) in [6.07, 6.45) is 1.97. The number of hydrogen-bond donors (Lipinski definition) is 1. The minimum atomic E-state index is -1.61. The molecule has 1 amide bonds. The number of carbonyl (C=O) groups excluding carboxylic acids is 2. The summed E-state index contributed by atoms with van der Waals surface area (Å²) in [5.41, 5.74) is 5.60. The lowest BCUT2D eigenvalue weighted by atomic mass is 9.98. The fourth-order valence-electron chi connectivity index (χ4n) is 5.20. The molecule has 2 aromatic carbocycles. The number of fused-ring (bicyclic) bond motifs is 1. The minimum absolute atomic E-state index is 0.0345. The highest BCUT2D eigenvalue weighted by atomic mass is 28.3. The topological polar surface area (TPSA) is 74.8 Å². The monoisotopic (exact) mass is 566 g/mol. The van der Waals surface area contributed by atoms with Crippen molar-refractivity contribution in [2.45, 2.75) is 39.5 Å². The molecule has 3 aromatic rings. The molecule has 0 radical (unpaired) electrons. The average Bonchev–Trinajstić information content (AvgIpc) is 2.94. The first-order valence-electron chi connectivity index (χ1n) is 14.2. The third kappa shape index (κ3) is 7.12. The molecule has 2 aliphatic heterocycles. The van der Waals surface area contributed by atoms with Gasteiger partial charge < -0.3 is 15.0 Å². The van der Waals surface area contributed by atoms with Gasteiger partial charge in [0.2, 0.25) is 0 Å². The Morgan fingerprint density at radius 3 is 2.59 bits per heavy atom. The summed E-state index contributed by atoms with van der Waals surface area (Å²) in [6, 6.07) is 14.2. The number of nitrogens with zero attached hydrogens (tertiary/aromatic N) is 3. The van der Waals surface area contributed by atoms with Crippen LogP contribution < -0.4 is 15.2 Å². The molecule has 0 bridgehead atoms. The quantitative estimate of drug-likeness (QED) is 0.278. The molecule has 1 fully saturated rings. The van der Waals surface area contributed by atoms with Crippen molar-refractivity contribution in [3.05, 3.63) is 82.0 Å². The van der Waals surface area contributed by atoms with E-state index in [0.717, 1.165) is 49.4 Å². The van der Waals surface area contributed by atoms with Gasteiger partial charge in [-0.05, 0) is 36.7 Å². The summed E-state index contributed by atoms with van der Waals surface area (Å²) in [6.45, 7) is 14.5. The van der Waals surface area contributed by atoms with Crippen molar-refractivity contribution < 1.29 is 14.3 Å². The number of ether oxygens (including phenoxy) is 1. The highest BCUT2D eigenvalue weighted by Gasteiger charge is 2.24. The van der Waals surface area contributed by atoms with E-state index in [1.54, 1.807) is 12.3 Å². The minimum Gasteiger partial charge on any atom is -0.480 e. The third-order valence-electron chi connectivity index (χ3n) is 7.71. The van der Waals surface area contributed by atoms with Gasteiger partial charge in [0.05, 0.1) is 8.07 Å². The van der Waals surface area contributed by atoms with Gasteiger partial charge in [-0.2, -0.15) is 0 Å². The van der Waals surface area contributed by atoms with Gasteiger partial charge in [-0.3, -0.25) is 14.5 Å². The molecule has 41 heavy (non-hydrogen) atoms. The van der Waals surface area contributed by atoms with E-state index in [9.17, 15) is 9.59 Å². The zero-order valence-corrected chi connectivity index (χ0v) is 25.6. The number of hydrogen-bond acceptors (Lipinski definition) is 6. The largest absolute Gasteiger partial charge is 0.480 e. The van der Waals surface area contributed by atoms with Crippen molar-refractivity contribution >= 4 is 30.8 Å². The molecule has 3 heterocycles. The fraction of sp³-hybridized carbons (Fsp3) is 0.364. The van der Waals surface area contributed by atoms with E-state index in [2.05, 4.69) is 76.8 Å². The van der Waals surface area contributed by atoms with Crippen LogP contribution in [0.4, 0.5) is 5.82 Å². The standard InChI is InChI=1S/C33H38N4O3Si/c1-23-6-9-27(19-26(23)10-8-25-17-30-33(34-20-25)35-32(39)22-40-30)29(38)16-24-7-11-28(31(18-24)41(3,4)5)21-37-14-12-36(2)13-15-37/h6-7,9,11,17-20H,12-16,21-22H2,1-5H3,(H,34,35,39). The van der Waals surface area contributed by atoms with E-state index >= 15 is 0 Å². The number of nitrogens with one attached hydrogen (secondary N) is 1. The lowest BCUT2D eigenvalue weighted by Crippen LogP contribution is -2.46. The van der Waals surface area contributed by atoms with Crippen LogP contribution in [0.15, 0.2) is 48.7 Å². The molecule has 0 atom stereocenters. The van der Waals surface area contributed by atoms with Gasteiger partial charge in [0.25, 0.3) is 5.91 Å². The fourth-order valence-corrected chi connectivity index (χ4v) is 6.95. The van der Waals surface area contributed by atoms with Crippen LogP contribution in [0.3, 0.4) is 0 Å². The molecular formula is C33H38N4O3Si. The number of rotatable bonds is 6. The van der Waals surface area contributed by atoms with Crippen molar-refractivity contribution in [3.63, 3.8) is 0 Å². The number of Topliss-reactive ketones (excluding diaryl/α,β-unsaturated/α-hetero) is 1. The van der Waals surface area contributed by atoms with Crippen LogP contribution in [-0.2, 0) is 17.8 Å². The van der Waals surface area contributed by atoms with Crippen molar-refractivity contribution in [3.8, 4) is 17.6 Å². The van der Waals surface area contributed by atoms with Crippen molar-refractivity contribution in [1.29, 1.82) is 0 Å². The lowest BCUT2D eigenvalue weighted by Gasteiger charge is -2.33. The van der Waals surface area contributed by atoms with Crippen LogP contribution in [0.25, 0.3) is 0 Å². The van der Waals surface area contributed by atoms with Gasteiger partial charge in [-0.1, -0.05) is 67.0 Å². The number of carbonyl (C=O) groups is 2. The second kappa shape index (κ2) is 12.0. The molecule has 8 heteroatoms. The van der Waals surface area contributed by atoms with Gasteiger partial charge in [-0.15, -0.1) is 0 Å². The predicted molar refractivity (Wildman–Crippen MR) is 166 cm³/mol. The van der Waals surface area contributed by atoms with E-state index in [1.807, 2.05) is 25.1 Å². The summed E-state index contributed by atoms with van der Waals surface area (Å²) >= 11 is 0. The SMILES string of the molecule is Cc1ccc(C(=O)Cc2ccc(CN3CCN(C)CC3)c([Si](C)(C)C)c2)cc1C#Cc1cnc2c(c1)OCC(=O)N2. The van der Waals surface area contributed by atoms with E-state index in [1.165, 1.54) is 10.8 Å². The zero-order valence-electron chi connectivity index (χ0n) is 24.6. The summed E-state index contributed by atoms with van der Waals surface area (Å²) in [5, 5.41) is 4.13. The Kier molecular flexibility index (Phi) is 8.41. The number of likely N-dealkylation sites (N-methyl/N-ethyl adjacent to an activating group) is 1. The van der Waals surface area contributed by atoms with Crippen LogP contribution in [0, 0.1) is 18.8 Å². The number of amides is 1. The van der Waals surface area contributed by atoms with Gasteiger partial charge in [0.15, 0.2) is 24.0 Å². The Balaban J connectivity index is 1.32. The van der Waals surface area contributed by atoms with Crippen LogP contribution >= 0.6 is 0 Å². The van der Waals surface area contributed by atoms with Crippen LogP contribution in [0.5, 0.6) is 5.75 Å². The summed E-state index contributed by atoms with van der Waals surface area (Å²) < 4.78 is 5.45. The molecule has 0 spiro atoms. The molecule has 1 N–H and O–H groups in total. The second-order valence-electron chi connectivity index (χ2n) is 12.1. The molecule has 5 rings (SSSR count). The highest BCUT2D eigenvalue weighted by molar-refractivity contribution is 6.89. The zero-order chi connectivity index (χ0) is 29.1. The molecule has 2 aliphatic rings. The van der Waals surface area contributed by atoms with Gasteiger partial charge >= 0.3 is 0 Å². The van der Waals surface area contributed by atoms with Crippen molar-refractivity contribution in [2.24, 2.45) is 0 Å². The molecule has 0 unspecified atom stereocenters. The summed E-state index contributed by atoms with van der Waals surface area (Å²) in [7, 11) is 0.574. The third-order valence-corrected chi connectivity index (χ3v) is 9.79. The van der Waals surface area contributed by atoms with Crippen LogP contribution in [0.2, 0.25) is 19.6 Å². The molecule has 212 valence electrons. The van der Waals surface area contributed by atoms with Gasteiger partial charge in [0.1, 0.15) is 0 Å². The summed E-state index contributed by atoms with van der Waals surface area (Å²) in [4.78, 5) is 34.1. The molecule has 0 saturated carbocycles. The number of anilines is 1. The number of aromatic nitrogens is 1. The Morgan fingerprint density at radius 1 is 1.05 bits per heavy atom. The second-order valence-corrected chi connectivity index (χ2v) is 17.1. The maximum absolute atomic E-state index is 13.4. The first kappa shape index (κ1) is 28.7. The number of pyridine rings is 1. The number of ketones is 1. The normalized spacial score (nSPS) is 15.8. The van der Waals surface area contributed by atoms with E-state index in [0.29, 0.717) is 29.1 Å². The lowest BCUT2D eigenvalue weighted by molar-refractivity contribution is -0.118. The highest BCUT2D eigenvalue weighted by Crippen LogP contribution is 2.25. The number of aryl methyl sites for hydroxylation is 1. The maximum atomic E-state index is 13.4.